The second-order valence-corrected chi connectivity index (χ2v) is 8.99. The van der Waals surface area contributed by atoms with E-state index in [4.69, 9.17) is 5.84 Å². The summed E-state index contributed by atoms with van der Waals surface area (Å²) in [6, 6.07) is 16.3. The van der Waals surface area contributed by atoms with Crippen LogP contribution in [0.2, 0.25) is 0 Å². The Hall–Kier alpha value is -5.16. The molecule has 3 heterocycles. The van der Waals surface area contributed by atoms with E-state index in [1.165, 1.54) is 31.2 Å². The SMILES string of the molecule is CCCn1c(=O)[nH]c2ccc(C(=O)c3nc(-c4cccc(C(=O)N(N)C(C)=O)c4)c4ccccn34)cc2c1=O. The molecule has 2 aromatic carbocycles. The Morgan fingerprint density at radius 3 is 2.54 bits per heavy atom. The minimum atomic E-state index is -0.674. The second-order valence-electron chi connectivity index (χ2n) is 8.99. The van der Waals surface area contributed by atoms with Crippen molar-refractivity contribution in [1.82, 2.24) is 23.9 Å². The van der Waals surface area contributed by atoms with Crippen molar-refractivity contribution in [2.45, 2.75) is 26.8 Å². The fourth-order valence-electron chi connectivity index (χ4n) is 4.44. The summed E-state index contributed by atoms with van der Waals surface area (Å²) >= 11 is 0. The molecule has 5 rings (SSSR count). The van der Waals surface area contributed by atoms with E-state index in [0.29, 0.717) is 33.7 Å². The zero-order chi connectivity index (χ0) is 27.8. The smallest absolute Gasteiger partial charge is 0.307 e. The van der Waals surface area contributed by atoms with Gasteiger partial charge in [0.05, 0.1) is 22.1 Å². The lowest BCUT2D eigenvalue weighted by Gasteiger charge is -2.12. The summed E-state index contributed by atoms with van der Waals surface area (Å²) in [6.45, 7) is 3.30. The van der Waals surface area contributed by atoms with Crippen molar-refractivity contribution in [3.8, 4) is 11.3 Å². The predicted octanol–water partition coefficient (Wildman–Crippen LogP) is 2.51. The third-order valence-corrected chi connectivity index (χ3v) is 6.38. The molecule has 3 aromatic heterocycles. The molecule has 5 aromatic rings. The Kier molecular flexibility index (Phi) is 6.50. The molecule has 3 N–H and O–H groups in total. The first-order valence-corrected chi connectivity index (χ1v) is 12.2. The van der Waals surface area contributed by atoms with Crippen molar-refractivity contribution in [3.05, 3.63) is 105 Å². The molecule has 39 heavy (non-hydrogen) atoms. The topological polar surface area (TPSA) is 153 Å². The van der Waals surface area contributed by atoms with Crippen molar-refractivity contribution >= 4 is 34.0 Å². The maximum Gasteiger partial charge on any atom is 0.328 e. The summed E-state index contributed by atoms with van der Waals surface area (Å²) < 4.78 is 2.74. The lowest BCUT2D eigenvalue weighted by atomic mass is 10.1. The zero-order valence-electron chi connectivity index (χ0n) is 21.2. The third kappa shape index (κ3) is 4.44. The Bertz CT molecular complexity index is 1920. The van der Waals surface area contributed by atoms with Gasteiger partial charge in [-0.3, -0.25) is 28.1 Å². The Labute approximate surface area is 221 Å². The van der Waals surface area contributed by atoms with E-state index in [1.807, 2.05) is 6.92 Å². The molecule has 11 heteroatoms. The van der Waals surface area contributed by atoms with Gasteiger partial charge in [0, 0.05) is 36.4 Å². The lowest BCUT2D eigenvalue weighted by Crippen LogP contribution is -2.41. The highest BCUT2D eigenvalue weighted by molar-refractivity contribution is 6.10. The number of amides is 2. The fraction of sp³-hybridized carbons (Fsp3) is 0.143. The van der Waals surface area contributed by atoms with E-state index < -0.39 is 28.8 Å². The van der Waals surface area contributed by atoms with Gasteiger partial charge in [-0.2, -0.15) is 0 Å². The number of nitrogens with two attached hydrogens (primary N) is 1. The van der Waals surface area contributed by atoms with Crippen LogP contribution in [0, 0.1) is 0 Å². The van der Waals surface area contributed by atoms with Gasteiger partial charge in [0.1, 0.15) is 0 Å². The van der Waals surface area contributed by atoms with Gasteiger partial charge in [-0.05, 0) is 48.9 Å². The molecule has 11 nitrogen and oxygen atoms in total. The number of carbonyl (C=O) groups excluding carboxylic acids is 3. The Morgan fingerprint density at radius 2 is 1.79 bits per heavy atom. The van der Waals surface area contributed by atoms with Gasteiger partial charge in [0.2, 0.25) is 11.7 Å². The number of benzene rings is 2. The number of aromatic amines is 1. The van der Waals surface area contributed by atoms with Crippen LogP contribution < -0.4 is 17.1 Å². The summed E-state index contributed by atoms with van der Waals surface area (Å²) in [4.78, 5) is 70.4. The number of imidazole rings is 1. The van der Waals surface area contributed by atoms with Crippen LogP contribution in [0.3, 0.4) is 0 Å². The number of nitrogens with one attached hydrogen (secondary N) is 1. The van der Waals surface area contributed by atoms with Gasteiger partial charge in [-0.25, -0.2) is 20.6 Å². The Morgan fingerprint density at radius 1 is 1.00 bits per heavy atom. The normalized spacial score (nSPS) is 11.2. The van der Waals surface area contributed by atoms with Crippen LogP contribution in [0.15, 0.2) is 76.4 Å². The average Bonchev–Trinajstić information content (AvgIpc) is 3.33. The number of pyridine rings is 1. The second kappa shape index (κ2) is 9.95. The number of carbonyl (C=O) groups is 3. The number of nitrogens with zero attached hydrogens (tertiary/aromatic N) is 4. The summed E-state index contributed by atoms with van der Waals surface area (Å²) in [5.41, 5.74) is 1.36. The Balaban J connectivity index is 1.62. The molecule has 0 aliphatic rings. The average molecular weight is 525 g/mol. The first-order valence-electron chi connectivity index (χ1n) is 12.2. The number of rotatable bonds is 6. The van der Waals surface area contributed by atoms with Crippen molar-refractivity contribution in [1.29, 1.82) is 0 Å². The molecule has 0 fully saturated rings. The van der Waals surface area contributed by atoms with E-state index in [9.17, 15) is 24.0 Å². The van der Waals surface area contributed by atoms with Gasteiger partial charge in [0.15, 0.2) is 5.82 Å². The van der Waals surface area contributed by atoms with Crippen LogP contribution in [0.1, 0.15) is 46.8 Å². The third-order valence-electron chi connectivity index (χ3n) is 6.38. The lowest BCUT2D eigenvalue weighted by molar-refractivity contribution is -0.126. The number of fused-ring (bicyclic) bond motifs is 2. The molecule has 0 unspecified atom stereocenters. The zero-order valence-corrected chi connectivity index (χ0v) is 21.2. The highest BCUT2D eigenvalue weighted by Gasteiger charge is 2.22. The summed E-state index contributed by atoms with van der Waals surface area (Å²) in [5.74, 6) is 3.97. The molecule has 196 valence electrons. The molecule has 2 amide bonds. The molecule has 0 saturated carbocycles. The molecule has 0 aliphatic carbocycles. The minimum absolute atomic E-state index is 0.0965. The van der Waals surface area contributed by atoms with Crippen molar-refractivity contribution in [3.63, 3.8) is 0 Å². The van der Waals surface area contributed by atoms with Crippen LogP contribution in [0.25, 0.3) is 27.7 Å². The fourth-order valence-corrected chi connectivity index (χ4v) is 4.44. The van der Waals surface area contributed by atoms with E-state index in [2.05, 4.69) is 9.97 Å². The standard InChI is InChI=1S/C28H24N6O5/c1-3-12-33-27(38)20-15-18(10-11-21(20)30-28(33)39)24(36)25-31-23(22-9-4-5-13-32(22)25)17-7-6-8-19(14-17)26(37)34(29)16(2)35/h4-11,13-15H,3,12,29H2,1-2H3,(H,30,39). The molecular formula is C28H24N6O5. The van der Waals surface area contributed by atoms with Crippen LogP contribution in [-0.4, -0.2) is 41.5 Å². The quantitative estimate of drug-likeness (QED) is 0.150. The minimum Gasteiger partial charge on any atom is -0.307 e. The van der Waals surface area contributed by atoms with Gasteiger partial charge in [-0.15, -0.1) is 0 Å². The number of aromatic nitrogens is 4. The van der Waals surface area contributed by atoms with Gasteiger partial charge in [-0.1, -0.05) is 25.1 Å². The molecule has 0 saturated heterocycles. The number of imide groups is 1. The molecule has 0 bridgehead atoms. The predicted molar refractivity (Wildman–Crippen MR) is 144 cm³/mol. The molecule has 0 atom stereocenters. The largest absolute Gasteiger partial charge is 0.328 e. The van der Waals surface area contributed by atoms with E-state index in [-0.39, 0.29) is 28.9 Å². The monoisotopic (exact) mass is 524 g/mol. The van der Waals surface area contributed by atoms with Crippen LogP contribution in [0.5, 0.6) is 0 Å². The maximum absolute atomic E-state index is 13.7. The number of ketones is 1. The van der Waals surface area contributed by atoms with E-state index in [1.54, 1.807) is 47.0 Å². The maximum atomic E-state index is 13.7. The number of hydrogen-bond donors (Lipinski definition) is 2. The number of hydrazine groups is 1. The van der Waals surface area contributed by atoms with Crippen LogP contribution >= 0.6 is 0 Å². The van der Waals surface area contributed by atoms with Gasteiger partial charge >= 0.3 is 5.69 Å². The number of H-pyrrole nitrogens is 1. The van der Waals surface area contributed by atoms with Crippen LogP contribution in [-0.2, 0) is 11.3 Å². The molecule has 0 spiro atoms. The van der Waals surface area contributed by atoms with E-state index >= 15 is 0 Å². The first kappa shape index (κ1) is 25.5. The summed E-state index contributed by atoms with van der Waals surface area (Å²) in [6.07, 6.45) is 2.29. The van der Waals surface area contributed by atoms with E-state index in [0.717, 1.165) is 4.57 Å². The first-order chi connectivity index (χ1) is 18.7. The summed E-state index contributed by atoms with van der Waals surface area (Å²) in [7, 11) is 0. The number of hydrogen-bond acceptors (Lipinski definition) is 7. The van der Waals surface area contributed by atoms with Crippen molar-refractivity contribution in [2.24, 2.45) is 5.84 Å². The highest BCUT2D eigenvalue weighted by atomic mass is 16.2. The van der Waals surface area contributed by atoms with Crippen molar-refractivity contribution < 1.29 is 14.4 Å². The molecule has 0 radical (unpaired) electrons. The summed E-state index contributed by atoms with van der Waals surface area (Å²) in [5, 5.41) is 0.749. The van der Waals surface area contributed by atoms with Crippen molar-refractivity contribution in [2.75, 3.05) is 0 Å². The van der Waals surface area contributed by atoms with Gasteiger partial charge in [0.25, 0.3) is 11.5 Å². The van der Waals surface area contributed by atoms with Crippen LogP contribution in [0.4, 0.5) is 0 Å². The molecular weight excluding hydrogens is 500 g/mol. The molecule has 0 aliphatic heterocycles. The highest BCUT2D eigenvalue weighted by Crippen LogP contribution is 2.27. The van der Waals surface area contributed by atoms with Gasteiger partial charge < -0.3 is 4.98 Å².